The van der Waals surface area contributed by atoms with Crippen LogP contribution in [0.5, 0.6) is 11.5 Å². The summed E-state index contributed by atoms with van der Waals surface area (Å²) in [6, 6.07) is 18.0. The molecule has 10 heteroatoms. The van der Waals surface area contributed by atoms with E-state index in [0.717, 1.165) is 5.56 Å². The number of hydrogen-bond donors (Lipinski definition) is 4. The van der Waals surface area contributed by atoms with Crippen molar-refractivity contribution in [2.45, 2.75) is 0 Å². The second kappa shape index (κ2) is 11.3. The first-order valence-corrected chi connectivity index (χ1v) is 10.0. The van der Waals surface area contributed by atoms with E-state index in [4.69, 9.17) is 22.7 Å². The lowest BCUT2D eigenvalue weighted by Crippen LogP contribution is -2.24. The summed E-state index contributed by atoms with van der Waals surface area (Å²) in [4.78, 5) is 8.27. The van der Waals surface area contributed by atoms with Crippen molar-refractivity contribution >= 4 is 47.1 Å². The van der Waals surface area contributed by atoms with E-state index in [1.807, 2.05) is 0 Å². The van der Waals surface area contributed by atoms with Crippen molar-refractivity contribution in [3.05, 3.63) is 83.7 Å². The van der Waals surface area contributed by atoms with Crippen LogP contribution >= 0.6 is 12.2 Å². The average Bonchev–Trinajstić information content (AvgIpc) is 2.82. The van der Waals surface area contributed by atoms with Crippen LogP contribution in [0.25, 0.3) is 0 Å². The largest absolute Gasteiger partial charge is 0.508 e. The topological polar surface area (TPSA) is 117 Å². The predicted molar refractivity (Wildman–Crippen MR) is 133 cm³/mol. The van der Waals surface area contributed by atoms with Crippen molar-refractivity contribution in [3.63, 3.8) is 0 Å². The SMILES string of the molecule is COc1ccc(NC(=S)N/N=C/c2ccc(C(N)=NC=Nc3ccc(O)cc3)cc2)c(F)c1. The Morgan fingerprint density at radius 3 is 2.48 bits per heavy atom. The molecule has 0 aliphatic rings. The number of benzene rings is 3. The van der Waals surface area contributed by atoms with Gasteiger partial charge in [-0.05, 0) is 54.2 Å². The highest BCUT2D eigenvalue weighted by molar-refractivity contribution is 7.80. The Labute approximate surface area is 195 Å². The summed E-state index contributed by atoms with van der Waals surface area (Å²) in [7, 11) is 1.46. The van der Waals surface area contributed by atoms with Crippen LogP contribution in [0.4, 0.5) is 15.8 Å². The fourth-order valence-electron chi connectivity index (χ4n) is 2.55. The Morgan fingerprint density at radius 1 is 1.09 bits per heavy atom. The van der Waals surface area contributed by atoms with Crippen LogP contribution in [0, 0.1) is 5.82 Å². The van der Waals surface area contributed by atoms with Gasteiger partial charge in [0, 0.05) is 11.6 Å². The van der Waals surface area contributed by atoms with E-state index in [1.165, 1.54) is 37.7 Å². The lowest BCUT2D eigenvalue weighted by atomic mass is 10.1. The number of phenolic OH excluding ortho intramolecular Hbond substituents is 1. The fraction of sp³-hybridized carbons (Fsp3) is 0.0435. The number of halogens is 1. The molecule has 0 aliphatic carbocycles. The van der Waals surface area contributed by atoms with E-state index in [9.17, 15) is 9.50 Å². The molecule has 0 saturated carbocycles. The summed E-state index contributed by atoms with van der Waals surface area (Å²) in [5, 5.41) is 16.2. The number of thiocarbonyl (C=S) groups is 1. The van der Waals surface area contributed by atoms with E-state index in [0.29, 0.717) is 22.8 Å². The molecule has 0 atom stereocenters. The third-order valence-corrected chi connectivity index (χ3v) is 4.46. The highest BCUT2D eigenvalue weighted by Crippen LogP contribution is 2.20. The number of hydrogen-bond acceptors (Lipinski definition) is 5. The number of anilines is 1. The average molecular weight is 465 g/mol. The number of nitrogens with one attached hydrogen (secondary N) is 2. The van der Waals surface area contributed by atoms with Gasteiger partial charge in [0.15, 0.2) is 5.11 Å². The molecule has 3 aromatic carbocycles. The van der Waals surface area contributed by atoms with Crippen LogP contribution in [0.15, 0.2) is 81.8 Å². The maximum absolute atomic E-state index is 14.0. The number of amidine groups is 1. The molecule has 0 fully saturated rings. The Bertz CT molecular complexity index is 1190. The van der Waals surface area contributed by atoms with Gasteiger partial charge in [-0.25, -0.2) is 14.4 Å². The number of hydrazone groups is 1. The number of methoxy groups -OCH3 is 1. The minimum absolute atomic E-state index is 0.135. The zero-order valence-electron chi connectivity index (χ0n) is 17.6. The quantitative estimate of drug-likeness (QED) is 0.182. The predicted octanol–water partition coefficient (Wildman–Crippen LogP) is 3.93. The first-order valence-electron chi connectivity index (χ1n) is 9.63. The Morgan fingerprint density at radius 2 is 1.82 bits per heavy atom. The van der Waals surface area contributed by atoms with Crippen molar-refractivity contribution in [3.8, 4) is 11.5 Å². The summed E-state index contributed by atoms with van der Waals surface area (Å²) in [6.07, 6.45) is 2.91. The Balaban J connectivity index is 1.53. The molecular weight excluding hydrogens is 443 g/mol. The molecule has 3 rings (SSSR count). The van der Waals surface area contributed by atoms with Crippen molar-refractivity contribution in [2.75, 3.05) is 12.4 Å². The molecule has 0 unspecified atom stereocenters. The lowest BCUT2D eigenvalue weighted by molar-refractivity contribution is 0.411. The monoisotopic (exact) mass is 464 g/mol. The molecule has 3 aromatic rings. The van der Waals surface area contributed by atoms with Crippen LogP contribution < -0.4 is 21.2 Å². The van der Waals surface area contributed by atoms with Crippen molar-refractivity contribution in [1.82, 2.24) is 5.43 Å². The summed E-state index contributed by atoms with van der Waals surface area (Å²) in [6.45, 7) is 0. The molecule has 0 radical (unpaired) electrons. The van der Waals surface area contributed by atoms with Gasteiger partial charge >= 0.3 is 0 Å². The van der Waals surface area contributed by atoms with Crippen LogP contribution in [0.2, 0.25) is 0 Å². The molecule has 168 valence electrons. The van der Waals surface area contributed by atoms with E-state index in [1.54, 1.807) is 48.7 Å². The number of nitrogens with two attached hydrogens (primary N) is 1. The van der Waals surface area contributed by atoms with Crippen LogP contribution in [-0.2, 0) is 0 Å². The maximum atomic E-state index is 14.0. The zero-order valence-corrected chi connectivity index (χ0v) is 18.4. The van der Waals surface area contributed by atoms with Gasteiger partial charge in [0.1, 0.15) is 29.5 Å². The molecule has 0 aliphatic heterocycles. The molecular formula is C23H21FN6O2S. The Hall–Kier alpha value is -4.31. The summed E-state index contributed by atoms with van der Waals surface area (Å²) in [5.41, 5.74) is 11.0. The van der Waals surface area contributed by atoms with Crippen molar-refractivity contribution in [1.29, 1.82) is 0 Å². The highest BCUT2D eigenvalue weighted by Gasteiger charge is 2.05. The number of aliphatic imine (C=N–C) groups is 2. The summed E-state index contributed by atoms with van der Waals surface area (Å²) in [5.74, 6) is 0.380. The minimum atomic E-state index is -0.495. The lowest BCUT2D eigenvalue weighted by Gasteiger charge is -2.09. The van der Waals surface area contributed by atoms with Gasteiger partial charge in [0.2, 0.25) is 0 Å². The van der Waals surface area contributed by atoms with E-state index >= 15 is 0 Å². The number of rotatable bonds is 7. The second-order valence-corrected chi connectivity index (χ2v) is 6.98. The third kappa shape index (κ3) is 7.11. The summed E-state index contributed by atoms with van der Waals surface area (Å²) >= 11 is 5.12. The van der Waals surface area contributed by atoms with Crippen LogP contribution in [0.3, 0.4) is 0 Å². The van der Waals surface area contributed by atoms with Gasteiger partial charge in [0.25, 0.3) is 0 Å². The van der Waals surface area contributed by atoms with Gasteiger partial charge in [-0.1, -0.05) is 24.3 Å². The van der Waals surface area contributed by atoms with Gasteiger partial charge in [0.05, 0.1) is 24.7 Å². The van der Waals surface area contributed by atoms with Gasteiger partial charge < -0.3 is 20.9 Å². The van der Waals surface area contributed by atoms with E-state index in [-0.39, 0.29) is 16.5 Å². The third-order valence-electron chi connectivity index (χ3n) is 4.26. The van der Waals surface area contributed by atoms with Crippen LogP contribution in [0.1, 0.15) is 11.1 Å². The molecule has 8 nitrogen and oxygen atoms in total. The molecule has 0 aromatic heterocycles. The number of aromatic hydroxyl groups is 1. The first kappa shape index (κ1) is 23.4. The number of ether oxygens (including phenoxy) is 1. The van der Waals surface area contributed by atoms with Gasteiger partial charge in [-0.15, -0.1) is 0 Å². The maximum Gasteiger partial charge on any atom is 0.191 e. The number of phenols is 1. The highest BCUT2D eigenvalue weighted by atomic mass is 32.1. The van der Waals surface area contributed by atoms with E-state index < -0.39 is 5.82 Å². The zero-order chi connectivity index (χ0) is 23.6. The van der Waals surface area contributed by atoms with Crippen molar-refractivity contribution < 1.29 is 14.2 Å². The molecule has 33 heavy (non-hydrogen) atoms. The van der Waals surface area contributed by atoms with Gasteiger partial charge in [-0.2, -0.15) is 5.10 Å². The molecule has 0 spiro atoms. The first-order chi connectivity index (χ1) is 15.9. The molecule has 0 saturated heterocycles. The Kier molecular flexibility index (Phi) is 8.03. The second-order valence-electron chi connectivity index (χ2n) is 6.57. The molecule has 0 heterocycles. The smallest absolute Gasteiger partial charge is 0.191 e. The normalized spacial score (nSPS) is 11.6. The molecule has 0 amide bonds. The summed E-state index contributed by atoms with van der Waals surface area (Å²) < 4.78 is 18.9. The molecule has 5 N–H and O–H groups in total. The number of nitrogens with zero attached hydrogens (tertiary/aromatic N) is 3. The van der Waals surface area contributed by atoms with E-state index in [2.05, 4.69) is 25.8 Å². The fourth-order valence-corrected chi connectivity index (χ4v) is 2.71. The van der Waals surface area contributed by atoms with Gasteiger partial charge in [-0.3, -0.25) is 5.43 Å². The van der Waals surface area contributed by atoms with Crippen LogP contribution in [-0.4, -0.2) is 35.7 Å². The molecule has 0 bridgehead atoms. The standard InChI is InChI=1S/C23H21FN6O2S/c1-32-19-10-11-21(20(24)12-19)29-23(33)30-28-13-15-2-4-16(5-3-15)22(25)27-14-26-17-6-8-18(31)9-7-17/h2-14,31H,1H3,(H2,25,26,27)(H2,29,30,33)/b28-13+. The van der Waals surface area contributed by atoms with Crippen molar-refractivity contribution in [2.24, 2.45) is 20.8 Å². The minimum Gasteiger partial charge on any atom is -0.508 e.